The van der Waals surface area contributed by atoms with Gasteiger partial charge in [-0.25, -0.2) is 9.78 Å². The number of hydrogen-bond acceptors (Lipinski definition) is 5. The Hall–Kier alpha value is -2.10. The van der Waals surface area contributed by atoms with Crippen LogP contribution >= 0.6 is 0 Å². The summed E-state index contributed by atoms with van der Waals surface area (Å²) in [5.74, 6) is 0.626. The predicted molar refractivity (Wildman–Crippen MR) is 77.4 cm³/mol. The smallest absolute Gasteiger partial charge is 0.416 e. The van der Waals surface area contributed by atoms with E-state index in [2.05, 4.69) is 15.3 Å². The number of morpholine rings is 1. The average Bonchev–Trinajstić information content (AvgIpc) is 2.50. The first-order valence-electron chi connectivity index (χ1n) is 7.24. The number of rotatable bonds is 3. The van der Waals surface area contributed by atoms with Crippen molar-refractivity contribution in [2.24, 2.45) is 0 Å². The van der Waals surface area contributed by atoms with Crippen LogP contribution in [0.2, 0.25) is 0 Å². The monoisotopic (exact) mass is 348 g/mol. The van der Waals surface area contributed by atoms with E-state index < -0.39 is 30.5 Å². The molecular formula is C14H19F3N4O3. The molecular weight excluding hydrogens is 329 g/mol. The molecule has 134 valence electrons. The van der Waals surface area contributed by atoms with Crippen LogP contribution in [0.5, 0.6) is 5.88 Å². The second-order valence-electron chi connectivity index (χ2n) is 5.96. The van der Waals surface area contributed by atoms with Crippen LogP contribution in [0.25, 0.3) is 0 Å². The largest absolute Gasteiger partial charge is 0.481 e. The van der Waals surface area contributed by atoms with E-state index in [-0.39, 0.29) is 13.1 Å². The number of nitrogens with zero attached hydrogens (tertiary/aromatic N) is 3. The zero-order valence-electron chi connectivity index (χ0n) is 13.6. The molecule has 1 aliphatic heterocycles. The van der Waals surface area contributed by atoms with E-state index in [9.17, 15) is 18.0 Å². The minimum atomic E-state index is -4.54. The summed E-state index contributed by atoms with van der Waals surface area (Å²) in [6, 6.07) is 0.913. The quantitative estimate of drug-likeness (QED) is 0.900. The van der Waals surface area contributed by atoms with Crippen molar-refractivity contribution >= 4 is 6.03 Å². The Balaban J connectivity index is 2.00. The Morgan fingerprint density at radius 1 is 1.54 bits per heavy atom. The minimum absolute atomic E-state index is 0.0233. The molecule has 10 heteroatoms. The molecule has 24 heavy (non-hydrogen) atoms. The number of urea groups is 1. The third-order valence-corrected chi connectivity index (χ3v) is 3.36. The number of hydrogen-bond donors (Lipinski definition) is 1. The van der Waals surface area contributed by atoms with Gasteiger partial charge >= 0.3 is 12.2 Å². The van der Waals surface area contributed by atoms with Crippen LogP contribution in [0.15, 0.2) is 12.3 Å². The molecule has 0 spiro atoms. The molecule has 1 aromatic heterocycles. The maximum Gasteiger partial charge on any atom is 0.416 e. The summed E-state index contributed by atoms with van der Waals surface area (Å²) in [7, 11) is 1.44. The Labute approximate surface area is 137 Å². The number of ether oxygens (including phenoxy) is 2. The van der Waals surface area contributed by atoms with Crippen molar-refractivity contribution in [3.05, 3.63) is 18.1 Å². The van der Waals surface area contributed by atoms with Crippen molar-refractivity contribution in [1.82, 2.24) is 20.2 Å². The number of nitrogens with one attached hydrogen (secondary N) is 1. The van der Waals surface area contributed by atoms with Gasteiger partial charge in [0, 0.05) is 12.3 Å². The number of alkyl halides is 3. The highest BCUT2D eigenvalue weighted by molar-refractivity contribution is 5.74. The first kappa shape index (κ1) is 18.2. The standard InChI is InChI=1S/C14H19F3N4O3/c1-13(2)8-21(7-9(24-13)14(15,16)17)12(22)19-6-10-18-5-4-11(20-10)23-3/h4-5,9H,6-8H2,1-3H3,(H,19,22). The molecule has 1 aliphatic rings. The van der Waals surface area contributed by atoms with E-state index in [0.29, 0.717) is 11.7 Å². The predicted octanol–water partition coefficient (Wildman–Crippen LogP) is 1.74. The Morgan fingerprint density at radius 2 is 2.25 bits per heavy atom. The van der Waals surface area contributed by atoms with Crippen molar-refractivity contribution in [3.63, 3.8) is 0 Å². The van der Waals surface area contributed by atoms with Crippen molar-refractivity contribution in [2.75, 3.05) is 20.2 Å². The molecule has 2 rings (SSSR count). The first-order valence-corrected chi connectivity index (χ1v) is 7.24. The third-order valence-electron chi connectivity index (χ3n) is 3.36. The van der Waals surface area contributed by atoms with Crippen LogP contribution < -0.4 is 10.1 Å². The lowest BCUT2D eigenvalue weighted by molar-refractivity contribution is -0.267. The summed E-state index contributed by atoms with van der Waals surface area (Å²) >= 11 is 0. The molecule has 0 bridgehead atoms. The van der Waals surface area contributed by atoms with E-state index in [0.717, 1.165) is 4.90 Å². The molecule has 1 N–H and O–H groups in total. The Bertz CT molecular complexity index is 595. The third kappa shape index (κ3) is 4.70. The lowest BCUT2D eigenvalue weighted by atomic mass is 10.1. The maximum absolute atomic E-state index is 12.9. The fourth-order valence-electron chi connectivity index (χ4n) is 2.35. The number of methoxy groups -OCH3 is 1. The van der Waals surface area contributed by atoms with Gasteiger partial charge in [0.1, 0.15) is 0 Å². The zero-order valence-corrected chi connectivity index (χ0v) is 13.6. The molecule has 1 fully saturated rings. The van der Waals surface area contributed by atoms with Gasteiger partial charge in [-0.1, -0.05) is 0 Å². The van der Waals surface area contributed by atoms with Gasteiger partial charge in [0.15, 0.2) is 11.9 Å². The number of carbonyl (C=O) groups excluding carboxylic acids is 1. The lowest BCUT2D eigenvalue weighted by Gasteiger charge is -2.43. The second kappa shape index (κ2) is 6.80. The molecule has 1 atom stereocenters. The maximum atomic E-state index is 12.9. The van der Waals surface area contributed by atoms with Gasteiger partial charge in [-0.3, -0.25) is 0 Å². The molecule has 2 heterocycles. The highest BCUT2D eigenvalue weighted by Crippen LogP contribution is 2.31. The van der Waals surface area contributed by atoms with Gasteiger partial charge in [-0.15, -0.1) is 0 Å². The molecule has 2 amide bonds. The Morgan fingerprint density at radius 3 is 2.88 bits per heavy atom. The van der Waals surface area contributed by atoms with Gasteiger partial charge in [0.2, 0.25) is 5.88 Å². The van der Waals surface area contributed by atoms with Crippen LogP contribution in [0.1, 0.15) is 19.7 Å². The SMILES string of the molecule is COc1ccnc(CNC(=O)N2CC(C(F)(F)F)OC(C)(C)C2)n1. The fourth-order valence-corrected chi connectivity index (χ4v) is 2.35. The van der Waals surface area contributed by atoms with Crippen molar-refractivity contribution in [2.45, 2.75) is 38.3 Å². The van der Waals surface area contributed by atoms with Gasteiger partial charge in [-0.05, 0) is 13.8 Å². The molecule has 0 radical (unpaired) electrons. The zero-order chi connectivity index (χ0) is 18.0. The molecule has 7 nitrogen and oxygen atoms in total. The van der Waals surface area contributed by atoms with E-state index >= 15 is 0 Å². The highest BCUT2D eigenvalue weighted by atomic mass is 19.4. The van der Waals surface area contributed by atoms with Crippen LogP contribution in [0.4, 0.5) is 18.0 Å². The fraction of sp³-hybridized carbons (Fsp3) is 0.643. The summed E-state index contributed by atoms with van der Waals surface area (Å²) in [6.07, 6.45) is -5.09. The lowest BCUT2D eigenvalue weighted by Crippen LogP contribution is -2.60. The van der Waals surface area contributed by atoms with E-state index in [1.807, 2.05) is 0 Å². The van der Waals surface area contributed by atoms with E-state index in [4.69, 9.17) is 9.47 Å². The molecule has 0 aromatic carbocycles. The van der Waals surface area contributed by atoms with Gasteiger partial charge < -0.3 is 19.7 Å². The van der Waals surface area contributed by atoms with E-state index in [1.54, 1.807) is 6.07 Å². The molecule has 1 unspecified atom stereocenters. The van der Waals surface area contributed by atoms with Gasteiger partial charge in [-0.2, -0.15) is 18.2 Å². The number of amides is 2. The van der Waals surface area contributed by atoms with Gasteiger partial charge in [0.25, 0.3) is 0 Å². The first-order chi connectivity index (χ1) is 11.1. The molecule has 1 saturated heterocycles. The topological polar surface area (TPSA) is 76.6 Å². The normalized spacial score (nSPS) is 20.6. The summed E-state index contributed by atoms with van der Waals surface area (Å²) in [4.78, 5) is 21.3. The van der Waals surface area contributed by atoms with Crippen LogP contribution in [-0.2, 0) is 11.3 Å². The van der Waals surface area contributed by atoms with Crippen molar-refractivity contribution < 1.29 is 27.4 Å². The van der Waals surface area contributed by atoms with E-state index in [1.165, 1.54) is 27.2 Å². The summed E-state index contributed by atoms with van der Waals surface area (Å²) in [5, 5.41) is 2.51. The second-order valence-corrected chi connectivity index (χ2v) is 5.96. The summed E-state index contributed by atoms with van der Waals surface area (Å²) in [5.41, 5.74) is -1.09. The molecule has 1 aromatic rings. The Kier molecular flexibility index (Phi) is 5.16. The van der Waals surface area contributed by atoms with Crippen LogP contribution in [-0.4, -0.2) is 59.0 Å². The van der Waals surface area contributed by atoms with Gasteiger partial charge in [0.05, 0.1) is 32.3 Å². The average molecular weight is 348 g/mol. The van der Waals surface area contributed by atoms with Crippen molar-refractivity contribution in [3.8, 4) is 5.88 Å². The molecule has 0 aliphatic carbocycles. The van der Waals surface area contributed by atoms with Crippen LogP contribution in [0, 0.1) is 0 Å². The summed E-state index contributed by atoms with van der Waals surface area (Å²) < 4.78 is 48.8. The number of carbonyl (C=O) groups is 1. The summed E-state index contributed by atoms with van der Waals surface area (Å²) in [6.45, 7) is 2.49. The number of halogens is 3. The minimum Gasteiger partial charge on any atom is -0.481 e. The highest BCUT2D eigenvalue weighted by Gasteiger charge is 2.49. The van der Waals surface area contributed by atoms with Crippen molar-refractivity contribution in [1.29, 1.82) is 0 Å². The molecule has 0 saturated carbocycles. The number of aromatic nitrogens is 2. The van der Waals surface area contributed by atoms with Crippen LogP contribution in [0.3, 0.4) is 0 Å².